The number of hydrogen-bond acceptors (Lipinski definition) is 8. The zero-order chi connectivity index (χ0) is 32.6. The van der Waals surface area contributed by atoms with E-state index < -0.39 is 30.1 Å². The largest absolute Gasteiger partial charge is 0.490 e. The van der Waals surface area contributed by atoms with Crippen molar-refractivity contribution in [1.82, 2.24) is 25.3 Å². The third kappa shape index (κ3) is 9.14. The number of aliphatic carboxylic acids is 1. The molecule has 17 heteroatoms. The van der Waals surface area contributed by atoms with Crippen LogP contribution in [-0.2, 0) is 16.6 Å². The van der Waals surface area contributed by atoms with E-state index in [1.807, 2.05) is 13.8 Å². The normalized spacial score (nSPS) is 16.0. The van der Waals surface area contributed by atoms with Crippen molar-refractivity contribution in [1.29, 1.82) is 0 Å². The van der Waals surface area contributed by atoms with Gasteiger partial charge in [-0.2, -0.15) is 23.4 Å². The van der Waals surface area contributed by atoms with Gasteiger partial charge in [0.05, 0.1) is 5.69 Å². The van der Waals surface area contributed by atoms with Crippen LogP contribution in [0.1, 0.15) is 76.1 Å². The first kappa shape index (κ1) is 33.3. The van der Waals surface area contributed by atoms with Crippen LogP contribution in [0.25, 0.3) is 0 Å². The van der Waals surface area contributed by atoms with E-state index in [1.165, 1.54) is 10.7 Å². The van der Waals surface area contributed by atoms with Gasteiger partial charge < -0.3 is 25.8 Å². The SMILES string of the molecule is CC(C)NC(=O)OC1CCC(c2cc(NC(=O)c3cc(C(=O)Nc4ccccc4C=O)nn3C)n[nH]2)C1.O=C(O)C(F)(F)F. The van der Waals surface area contributed by atoms with E-state index in [1.54, 1.807) is 37.4 Å². The fourth-order valence-corrected chi connectivity index (χ4v) is 4.23. The maximum absolute atomic E-state index is 12.9. The summed E-state index contributed by atoms with van der Waals surface area (Å²) in [4.78, 5) is 57.4. The number of aldehydes is 1. The van der Waals surface area contributed by atoms with Crippen LogP contribution in [-0.4, -0.2) is 73.6 Å². The van der Waals surface area contributed by atoms with E-state index in [9.17, 15) is 32.3 Å². The van der Waals surface area contributed by atoms with E-state index in [2.05, 4.69) is 31.2 Å². The number of carboxylic acids is 1. The first-order chi connectivity index (χ1) is 20.7. The number of H-pyrrole nitrogens is 1. The van der Waals surface area contributed by atoms with Crippen molar-refractivity contribution in [3.63, 3.8) is 0 Å². The van der Waals surface area contributed by atoms with Crippen LogP contribution in [0.15, 0.2) is 36.4 Å². The van der Waals surface area contributed by atoms with E-state index in [0.717, 1.165) is 18.5 Å². The van der Waals surface area contributed by atoms with Crippen molar-refractivity contribution in [3.8, 4) is 0 Å². The molecule has 1 aliphatic carbocycles. The molecule has 1 saturated carbocycles. The van der Waals surface area contributed by atoms with Gasteiger partial charge in [-0.05, 0) is 45.2 Å². The number of carbonyl (C=O) groups is 5. The summed E-state index contributed by atoms with van der Waals surface area (Å²) in [5, 5.41) is 26.4. The minimum Gasteiger partial charge on any atom is -0.475 e. The van der Waals surface area contributed by atoms with Gasteiger partial charge in [0.25, 0.3) is 11.8 Å². The van der Waals surface area contributed by atoms with Crippen LogP contribution in [0, 0.1) is 0 Å². The molecule has 1 aliphatic rings. The van der Waals surface area contributed by atoms with Gasteiger partial charge in [0.2, 0.25) is 0 Å². The summed E-state index contributed by atoms with van der Waals surface area (Å²) >= 11 is 0. The summed E-state index contributed by atoms with van der Waals surface area (Å²) in [6.45, 7) is 3.74. The number of nitrogens with zero attached hydrogens (tertiary/aromatic N) is 3. The number of para-hydroxylation sites is 1. The summed E-state index contributed by atoms with van der Waals surface area (Å²) in [6, 6.07) is 9.69. The van der Waals surface area contributed by atoms with E-state index in [-0.39, 0.29) is 29.5 Å². The predicted molar refractivity (Wildman–Crippen MR) is 148 cm³/mol. The first-order valence-corrected chi connectivity index (χ1v) is 13.2. The lowest BCUT2D eigenvalue weighted by Crippen LogP contribution is -2.33. The Morgan fingerprint density at radius 3 is 2.43 bits per heavy atom. The molecule has 44 heavy (non-hydrogen) atoms. The minimum atomic E-state index is -5.08. The highest BCUT2D eigenvalue weighted by atomic mass is 19.4. The number of carbonyl (C=O) groups excluding carboxylic acids is 4. The second kappa shape index (κ2) is 14.3. The van der Waals surface area contributed by atoms with Gasteiger partial charge in [-0.3, -0.25) is 24.2 Å². The second-order valence-electron chi connectivity index (χ2n) is 10.00. The number of nitrogens with one attached hydrogen (secondary N) is 4. The Kier molecular flexibility index (Phi) is 10.8. The van der Waals surface area contributed by atoms with Crippen LogP contribution in [0.3, 0.4) is 0 Å². The molecular formula is C27H30F3N7O7. The number of amides is 3. The lowest BCUT2D eigenvalue weighted by molar-refractivity contribution is -0.192. The van der Waals surface area contributed by atoms with Crippen LogP contribution in [0.2, 0.25) is 0 Å². The van der Waals surface area contributed by atoms with Gasteiger partial charge in [-0.15, -0.1) is 0 Å². The topological polar surface area (TPSA) is 197 Å². The zero-order valence-corrected chi connectivity index (χ0v) is 23.8. The van der Waals surface area contributed by atoms with Crippen molar-refractivity contribution in [3.05, 3.63) is 59.0 Å². The van der Waals surface area contributed by atoms with E-state index in [4.69, 9.17) is 14.6 Å². The van der Waals surface area contributed by atoms with Crippen LogP contribution in [0.5, 0.6) is 0 Å². The summed E-state index contributed by atoms with van der Waals surface area (Å²) in [5.41, 5.74) is 1.70. The average Bonchev–Trinajstić information content (AvgIpc) is 3.68. The number of aryl methyl sites for hydroxylation is 1. The van der Waals surface area contributed by atoms with Gasteiger partial charge >= 0.3 is 18.2 Å². The second-order valence-corrected chi connectivity index (χ2v) is 10.00. The van der Waals surface area contributed by atoms with Gasteiger partial charge in [-0.1, -0.05) is 12.1 Å². The number of aromatic amines is 1. The fourth-order valence-electron chi connectivity index (χ4n) is 4.23. The number of halogens is 3. The van der Waals surface area contributed by atoms with Crippen molar-refractivity contribution >= 4 is 41.7 Å². The lowest BCUT2D eigenvalue weighted by atomic mass is 10.0. The summed E-state index contributed by atoms with van der Waals surface area (Å²) in [6.07, 6.45) is -2.81. The van der Waals surface area contributed by atoms with Crippen molar-refractivity contribution in [2.75, 3.05) is 10.6 Å². The molecule has 0 spiro atoms. The smallest absolute Gasteiger partial charge is 0.475 e. The molecule has 3 aromatic rings. The Balaban J connectivity index is 0.000000676. The molecule has 5 N–H and O–H groups in total. The molecule has 0 aliphatic heterocycles. The molecular weight excluding hydrogens is 591 g/mol. The molecule has 2 atom stereocenters. The third-order valence-electron chi connectivity index (χ3n) is 6.27. The van der Waals surface area contributed by atoms with Crippen LogP contribution >= 0.6 is 0 Å². The zero-order valence-electron chi connectivity index (χ0n) is 23.8. The molecule has 14 nitrogen and oxygen atoms in total. The number of carboxylic acid groups (broad SMARTS) is 1. The third-order valence-corrected chi connectivity index (χ3v) is 6.27. The molecule has 0 radical (unpaired) electrons. The molecule has 2 unspecified atom stereocenters. The van der Waals surface area contributed by atoms with E-state index in [0.29, 0.717) is 29.8 Å². The summed E-state index contributed by atoms with van der Waals surface area (Å²) in [7, 11) is 1.55. The van der Waals surface area contributed by atoms with Crippen molar-refractivity contribution < 1.29 is 47.0 Å². The summed E-state index contributed by atoms with van der Waals surface area (Å²) in [5.74, 6) is -3.35. The maximum atomic E-state index is 12.9. The van der Waals surface area contributed by atoms with Gasteiger partial charge in [0.1, 0.15) is 11.8 Å². The summed E-state index contributed by atoms with van der Waals surface area (Å²) < 4.78 is 38.5. The Hall–Kier alpha value is -5.22. The predicted octanol–water partition coefficient (Wildman–Crippen LogP) is 3.86. The highest BCUT2D eigenvalue weighted by Crippen LogP contribution is 2.36. The average molecular weight is 622 g/mol. The number of alkyl halides is 3. The van der Waals surface area contributed by atoms with Crippen molar-refractivity contribution in [2.24, 2.45) is 7.05 Å². The molecule has 1 fully saturated rings. The van der Waals surface area contributed by atoms with Crippen LogP contribution < -0.4 is 16.0 Å². The quantitative estimate of drug-likeness (QED) is 0.232. The number of anilines is 2. The molecule has 1 aromatic carbocycles. The monoisotopic (exact) mass is 621 g/mol. The molecule has 236 valence electrons. The van der Waals surface area contributed by atoms with Gasteiger partial charge in [0.15, 0.2) is 17.8 Å². The van der Waals surface area contributed by atoms with Gasteiger partial charge in [0, 0.05) is 42.4 Å². The number of rotatable bonds is 8. The minimum absolute atomic E-state index is 0.00699. The molecule has 3 amide bonds. The lowest BCUT2D eigenvalue weighted by Gasteiger charge is -2.14. The number of hydrogen-bond donors (Lipinski definition) is 5. The van der Waals surface area contributed by atoms with Crippen LogP contribution in [0.4, 0.5) is 29.5 Å². The Morgan fingerprint density at radius 1 is 1.11 bits per heavy atom. The number of ether oxygens (including phenoxy) is 1. The molecule has 2 heterocycles. The number of alkyl carbamates (subject to hydrolysis) is 1. The molecule has 0 saturated heterocycles. The highest BCUT2D eigenvalue weighted by Gasteiger charge is 2.38. The maximum Gasteiger partial charge on any atom is 0.490 e. The fraction of sp³-hybridized carbons (Fsp3) is 0.370. The molecule has 0 bridgehead atoms. The Labute approximate surface area is 248 Å². The number of aromatic nitrogens is 4. The Bertz CT molecular complexity index is 1520. The highest BCUT2D eigenvalue weighted by molar-refractivity contribution is 6.08. The first-order valence-electron chi connectivity index (χ1n) is 13.2. The van der Waals surface area contributed by atoms with Crippen molar-refractivity contribution in [2.45, 2.75) is 57.3 Å². The number of benzene rings is 1. The Morgan fingerprint density at radius 2 is 1.80 bits per heavy atom. The van der Waals surface area contributed by atoms with Gasteiger partial charge in [-0.25, -0.2) is 9.59 Å². The van der Waals surface area contributed by atoms with E-state index >= 15 is 0 Å². The molecule has 4 rings (SSSR count). The molecule has 2 aromatic heterocycles. The standard InChI is InChI=1S/C25H29N7O5.C2HF3O2/c1-14(2)26-25(36)37-17-9-8-15(10-17)19-12-22(30-29-19)28-24(35)21-11-20(31-32(21)3)23(34)27-18-7-5-4-6-16(18)13-33;3-2(4,5)1(6)7/h4-7,11-15,17H,8-10H2,1-3H3,(H,26,36)(H,27,34)(H2,28,29,30,35);(H,6,7).